The van der Waals surface area contributed by atoms with Gasteiger partial charge in [0, 0.05) is 31.9 Å². The Kier molecular flexibility index (Phi) is 5.25. The van der Waals surface area contributed by atoms with Gasteiger partial charge in [-0.15, -0.1) is 0 Å². The number of benzene rings is 1. The van der Waals surface area contributed by atoms with E-state index in [1.807, 2.05) is 12.1 Å². The maximum absolute atomic E-state index is 12.3. The lowest BCUT2D eigenvalue weighted by Gasteiger charge is -2.35. The van der Waals surface area contributed by atoms with Crippen molar-refractivity contribution < 1.29 is 14.7 Å². The smallest absolute Gasteiger partial charge is 0.339 e. The molecule has 1 amide bonds. The van der Waals surface area contributed by atoms with Gasteiger partial charge in [0.1, 0.15) is 11.3 Å². The minimum absolute atomic E-state index is 0.0521. The van der Waals surface area contributed by atoms with Crippen LogP contribution in [-0.4, -0.2) is 39.4 Å². The highest BCUT2D eigenvalue weighted by molar-refractivity contribution is 6.03. The van der Waals surface area contributed by atoms with E-state index in [-0.39, 0.29) is 11.3 Å². The van der Waals surface area contributed by atoms with E-state index in [0.29, 0.717) is 12.6 Å². The summed E-state index contributed by atoms with van der Waals surface area (Å²) in [5, 5.41) is 15.8. The molecule has 2 aromatic rings. The summed E-state index contributed by atoms with van der Waals surface area (Å²) in [7, 11) is 1.55. The van der Waals surface area contributed by atoms with Crippen molar-refractivity contribution >= 4 is 17.6 Å². The van der Waals surface area contributed by atoms with Crippen molar-refractivity contribution in [1.82, 2.24) is 15.1 Å². The van der Waals surface area contributed by atoms with E-state index in [1.54, 1.807) is 7.05 Å². The van der Waals surface area contributed by atoms with E-state index >= 15 is 0 Å². The molecule has 7 nitrogen and oxygen atoms in total. The van der Waals surface area contributed by atoms with E-state index in [1.165, 1.54) is 35.8 Å². The zero-order valence-corrected chi connectivity index (χ0v) is 15.1. The van der Waals surface area contributed by atoms with Crippen LogP contribution >= 0.6 is 0 Å². The van der Waals surface area contributed by atoms with Crippen LogP contribution in [0.3, 0.4) is 0 Å². The number of nitrogens with zero attached hydrogens (tertiary/aromatic N) is 3. The van der Waals surface area contributed by atoms with Crippen molar-refractivity contribution in [2.24, 2.45) is 7.05 Å². The molecule has 0 aliphatic carbocycles. The van der Waals surface area contributed by atoms with Gasteiger partial charge in [0.05, 0.1) is 6.20 Å². The van der Waals surface area contributed by atoms with Crippen LogP contribution in [0.4, 0.5) is 5.69 Å². The van der Waals surface area contributed by atoms with Gasteiger partial charge in [-0.3, -0.25) is 9.48 Å². The fourth-order valence-corrected chi connectivity index (χ4v) is 3.42. The number of aryl methyl sites for hydroxylation is 1. The lowest BCUT2D eigenvalue weighted by atomic mass is 10.0. The molecule has 7 heteroatoms. The van der Waals surface area contributed by atoms with E-state index in [2.05, 4.69) is 34.4 Å². The Balaban J connectivity index is 1.64. The van der Waals surface area contributed by atoms with Gasteiger partial charge in [-0.05, 0) is 43.9 Å². The van der Waals surface area contributed by atoms with Crippen LogP contribution in [0.15, 0.2) is 30.5 Å². The second-order valence-corrected chi connectivity index (χ2v) is 6.72. The molecule has 3 rings (SSSR count). The van der Waals surface area contributed by atoms with Crippen molar-refractivity contribution in [2.45, 2.75) is 38.8 Å². The van der Waals surface area contributed by atoms with Crippen LogP contribution in [-0.2, 0) is 13.6 Å². The summed E-state index contributed by atoms with van der Waals surface area (Å²) in [6.45, 7) is 3.66. The summed E-state index contributed by atoms with van der Waals surface area (Å²) >= 11 is 0. The molecule has 0 bridgehead atoms. The standard InChI is InChI=1S/C19H24N4O3/c1-13-5-3-4-10-23(13)15-8-6-14(7-9-15)11-20-18(24)17-16(19(25)26)12-21-22(17)2/h6-9,12-13H,3-5,10-11H2,1-2H3,(H,20,24)(H,25,26)/t13-/m0/s1. The molecule has 138 valence electrons. The molecule has 26 heavy (non-hydrogen) atoms. The number of hydrogen-bond acceptors (Lipinski definition) is 4. The highest BCUT2D eigenvalue weighted by Crippen LogP contribution is 2.24. The third-order valence-electron chi connectivity index (χ3n) is 4.91. The van der Waals surface area contributed by atoms with Gasteiger partial charge in [-0.1, -0.05) is 12.1 Å². The number of carbonyl (C=O) groups excluding carboxylic acids is 1. The third-order valence-corrected chi connectivity index (χ3v) is 4.91. The fourth-order valence-electron chi connectivity index (χ4n) is 3.42. The summed E-state index contributed by atoms with van der Waals surface area (Å²) < 4.78 is 1.28. The predicted molar refractivity (Wildman–Crippen MR) is 98.4 cm³/mol. The first-order chi connectivity index (χ1) is 12.5. The number of carboxylic acid groups (broad SMARTS) is 1. The van der Waals surface area contributed by atoms with Crippen LogP contribution in [0, 0.1) is 0 Å². The summed E-state index contributed by atoms with van der Waals surface area (Å²) in [6, 6.07) is 8.71. The number of hydrogen-bond donors (Lipinski definition) is 2. The number of piperidine rings is 1. The molecular formula is C19H24N4O3. The van der Waals surface area contributed by atoms with Gasteiger partial charge in [0.2, 0.25) is 0 Å². The molecule has 1 fully saturated rings. The molecule has 2 N–H and O–H groups in total. The van der Waals surface area contributed by atoms with Crippen LogP contribution < -0.4 is 10.2 Å². The number of nitrogens with one attached hydrogen (secondary N) is 1. The molecule has 1 aromatic heterocycles. The Morgan fingerprint density at radius 2 is 2.00 bits per heavy atom. The molecule has 1 aromatic carbocycles. The van der Waals surface area contributed by atoms with Crippen molar-refractivity contribution in [3.05, 3.63) is 47.3 Å². The van der Waals surface area contributed by atoms with Gasteiger partial charge in [-0.2, -0.15) is 5.10 Å². The highest BCUT2D eigenvalue weighted by atomic mass is 16.4. The molecule has 1 aliphatic heterocycles. The maximum Gasteiger partial charge on any atom is 0.339 e. The molecule has 2 heterocycles. The quantitative estimate of drug-likeness (QED) is 0.859. The van der Waals surface area contributed by atoms with Gasteiger partial charge in [0.15, 0.2) is 0 Å². The van der Waals surface area contributed by atoms with E-state index in [4.69, 9.17) is 5.11 Å². The van der Waals surface area contributed by atoms with Crippen LogP contribution in [0.1, 0.15) is 52.6 Å². The van der Waals surface area contributed by atoms with Crippen molar-refractivity contribution in [3.8, 4) is 0 Å². The number of anilines is 1. The van der Waals surface area contributed by atoms with Crippen LogP contribution in [0.5, 0.6) is 0 Å². The molecule has 1 saturated heterocycles. The van der Waals surface area contributed by atoms with Crippen molar-refractivity contribution in [2.75, 3.05) is 11.4 Å². The molecular weight excluding hydrogens is 332 g/mol. The zero-order chi connectivity index (χ0) is 18.7. The van der Waals surface area contributed by atoms with Crippen molar-refractivity contribution in [3.63, 3.8) is 0 Å². The van der Waals surface area contributed by atoms with E-state index in [9.17, 15) is 9.59 Å². The maximum atomic E-state index is 12.3. The Labute approximate surface area is 152 Å². The van der Waals surface area contributed by atoms with Gasteiger partial charge in [0.25, 0.3) is 5.91 Å². The number of aromatic nitrogens is 2. The molecule has 1 atom stereocenters. The van der Waals surface area contributed by atoms with Crippen LogP contribution in [0.25, 0.3) is 0 Å². The lowest BCUT2D eigenvalue weighted by molar-refractivity contribution is 0.0690. The van der Waals surface area contributed by atoms with E-state index in [0.717, 1.165) is 12.1 Å². The first-order valence-corrected chi connectivity index (χ1v) is 8.86. The molecule has 0 spiro atoms. The van der Waals surface area contributed by atoms with Gasteiger partial charge >= 0.3 is 5.97 Å². The average Bonchev–Trinajstić information content (AvgIpc) is 3.02. The zero-order valence-electron chi connectivity index (χ0n) is 15.1. The Hall–Kier alpha value is -2.83. The Morgan fingerprint density at radius 1 is 1.27 bits per heavy atom. The van der Waals surface area contributed by atoms with Crippen molar-refractivity contribution in [1.29, 1.82) is 0 Å². The number of carbonyl (C=O) groups is 2. The minimum atomic E-state index is -1.16. The normalized spacial score (nSPS) is 17.2. The van der Waals surface area contributed by atoms with Gasteiger partial charge < -0.3 is 15.3 Å². The summed E-state index contributed by atoms with van der Waals surface area (Å²) in [5.41, 5.74) is 2.12. The molecule has 1 aliphatic rings. The van der Waals surface area contributed by atoms with E-state index < -0.39 is 11.9 Å². The minimum Gasteiger partial charge on any atom is -0.478 e. The number of amides is 1. The second kappa shape index (κ2) is 7.59. The number of rotatable bonds is 5. The topological polar surface area (TPSA) is 87.5 Å². The first kappa shape index (κ1) is 18.0. The Morgan fingerprint density at radius 3 is 2.65 bits per heavy atom. The largest absolute Gasteiger partial charge is 0.478 e. The molecule has 0 saturated carbocycles. The highest BCUT2D eigenvalue weighted by Gasteiger charge is 2.21. The number of aromatic carboxylic acids is 1. The first-order valence-electron chi connectivity index (χ1n) is 8.86. The number of carboxylic acids is 1. The lowest BCUT2D eigenvalue weighted by Crippen LogP contribution is -2.37. The Bertz CT molecular complexity index is 798. The molecule has 0 unspecified atom stereocenters. The summed E-state index contributed by atoms with van der Waals surface area (Å²) in [6.07, 6.45) is 4.91. The fraction of sp³-hybridized carbons (Fsp3) is 0.421. The summed E-state index contributed by atoms with van der Waals surface area (Å²) in [5.74, 6) is -1.61. The summed E-state index contributed by atoms with van der Waals surface area (Å²) in [4.78, 5) is 25.9. The SMILES string of the molecule is C[C@H]1CCCCN1c1ccc(CNC(=O)c2c(C(=O)O)cnn2C)cc1. The average molecular weight is 356 g/mol. The van der Waals surface area contributed by atoms with Crippen LogP contribution in [0.2, 0.25) is 0 Å². The predicted octanol–water partition coefficient (Wildman–Crippen LogP) is 2.43. The monoisotopic (exact) mass is 356 g/mol. The third kappa shape index (κ3) is 3.71. The second-order valence-electron chi connectivity index (χ2n) is 6.72. The molecule has 0 radical (unpaired) electrons. The van der Waals surface area contributed by atoms with Gasteiger partial charge in [-0.25, -0.2) is 4.79 Å².